The number of benzene rings is 14. The van der Waals surface area contributed by atoms with Crippen molar-refractivity contribution in [1.82, 2.24) is 22.8 Å². The van der Waals surface area contributed by atoms with Crippen molar-refractivity contribution < 1.29 is 33.8 Å². The number of aryl methyl sites for hydroxylation is 5. The van der Waals surface area contributed by atoms with E-state index in [0.29, 0.717) is 43.4 Å². The molecule has 2 aliphatic carbocycles. The molecule has 664 valence electrons. The first-order chi connectivity index (χ1) is 69.3. The molecule has 2 saturated carbocycles. The van der Waals surface area contributed by atoms with Crippen LogP contribution in [0, 0.1) is 81.1 Å². The molecule has 5 aliphatic heterocycles. The number of hydrogen-bond acceptors (Lipinski definition) is 0. The third kappa shape index (κ3) is 14.0. The molecule has 0 N–H and O–H groups in total. The lowest BCUT2D eigenvalue weighted by Gasteiger charge is -2.35. The SMILES string of the molecule is [2H]c1n2c(c(C)[n+]1-c1ccccc1C)C([2H])(C)c1ccccc1-2.[2H]c1n2c(c(C)[n+]1-c1ccccc1C)C([2H])(C1CCCC1)c1ccccc1-2.[2H]c1n2c(c(C)[n+]1-c1ccccc1C)C([2H])(c1ccccc1)c1ccccc1-2.[2H]c1n2c(c(C)[n+]1-c1ccccc1C)C(c1ccccc1)(C1CCCC1)c1ccccc1-2.[2H]c1n2c(c(C)[n+]1-c1ccccc1C)C(c1ccccc1)(c1ccccc1)c1ccccc1-2. The third-order valence-electron chi connectivity index (χ3n) is 29.8. The van der Waals surface area contributed by atoms with Crippen molar-refractivity contribution in [2.24, 2.45) is 11.8 Å². The maximum absolute atomic E-state index is 9.69. The standard InChI is InChI=1S/C30H25N2.C29H29N2.C24H21N2.C23H25N2.C19H19N2/c1-22-13-9-11-19-27(22)31-21-32-28-20-12-10-18-26(28)30(29(32)23(31)2,24-14-5-3-6-15-24)25-16-7-4-8-17-25;1-21-12-6-10-18-26(21)30-20-31-27-19-11-9-17-25(27)29(28(31)22(30)2,24-15-7-8-16-24)23-13-4-3-5-14-23;1-17-10-6-8-14-21(17)25-16-26-22-15-9-7-13-20(22)23(24(26)18(25)2)19-11-4-3-5-12-19;1-16-9-3-7-13-20(16)24-15-25-21-14-8-6-12-19(21)22(23(25)17(24)2)18-10-4-5-11-18;1-13-8-4-6-10-17(13)20-12-21-18-11-7-5-9-16(18)14(2)19(21)15(20)3/h3-21H,1-2H3;3-6,9-14,17-20,24H,7-8,15-16H2,1-2H3;3-16,23H,1-2H3;3,6-9,12-15,18,22H,4-5,10-11H2,1-2H3;4-12,14H,1-3H3/q5*+1/i21D;20D;16D,23D;15D,22D;12D,14D. The van der Waals surface area contributed by atoms with E-state index in [1.165, 1.54) is 89.0 Å². The highest BCUT2D eigenvalue weighted by Crippen LogP contribution is 2.58. The Bertz CT molecular complexity index is 8160. The van der Waals surface area contributed by atoms with E-state index in [0.717, 1.165) is 154 Å². The molecule has 0 amide bonds. The van der Waals surface area contributed by atoms with E-state index in [1.54, 1.807) is 0 Å². The van der Waals surface area contributed by atoms with Crippen LogP contribution in [0.1, 0.15) is 222 Å². The lowest BCUT2D eigenvalue weighted by Crippen LogP contribution is -2.39. The van der Waals surface area contributed by atoms with Gasteiger partial charge in [0, 0.05) is 66.5 Å². The Morgan fingerprint density at radius 1 is 0.274 bits per heavy atom. The Morgan fingerprint density at radius 2 is 0.585 bits per heavy atom. The van der Waals surface area contributed by atoms with Crippen molar-refractivity contribution in [3.05, 3.63) is 530 Å². The summed E-state index contributed by atoms with van der Waals surface area (Å²) >= 11 is 0. The molecule has 0 bridgehead atoms. The van der Waals surface area contributed by atoms with Crippen molar-refractivity contribution in [2.75, 3.05) is 0 Å². The highest BCUT2D eigenvalue weighted by molar-refractivity contribution is 5.71. The number of nitrogens with zero attached hydrogens (tertiary/aromatic N) is 10. The maximum atomic E-state index is 9.69. The molecular formula is C125H119N10+5. The molecule has 4 atom stereocenters. The van der Waals surface area contributed by atoms with E-state index in [9.17, 15) is 5.48 Å². The van der Waals surface area contributed by atoms with Gasteiger partial charge >= 0.3 is 0 Å². The molecule has 0 saturated heterocycles. The fraction of sp³-hybridized carbons (Fsp3) is 0.208. The summed E-state index contributed by atoms with van der Waals surface area (Å²) in [6.45, 7) is 22.9. The van der Waals surface area contributed by atoms with Crippen LogP contribution in [0.3, 0.4) is 0 Å². The second-order valence-electron chi connectivity index (χ2n) is 37.4. The molecule has 14 aromatic carbocycles. The second-order valence-corrected chi connectivity index (χ2v) is 37.4. The van der Waals surface area contributed by atoms with Gasteiger partial charge in [0.1, 0.15) is 85.1 Å². The highest BCUT2D eigenvalue weighted by Gasteiger charge is 2.58. The van der Waals surface area contributed by atoms with Crippen LogP contribution in [-0.2, 0) is 10.8 Å². The van der Waals surface area contributed by atoms with Crippen LogP contribution in [0.15, 0.2) is 395 Å². The van der Waals surface area contributed by atoms with E-state index in [4.69, 9.17) is 5.48 Å². The van der Waals surface area contributed by atoms with Gasteiger partial charge in [-0.1, -0.05) is 336 Å². The second kappa shape index (κ2) is 35.3. The van der Waals surface area contributed by atoms with Crippen LogP contribution in [-0.4, -0.2) is 22.8 Å². The van der Waals surface area contributed by atoms with Gasteiger partial charge in [-0.3, -0.25) is 0 Å². The van der Waals surface area contributed by atoms with E-state index in [-0.39, 0.29) is 5.41 Å². The Kier molecular flexibility index (Phi) is 20.0. The van der Waals surface area contributed by atoms with Crippen LogP contribution in [0.2, 0.25) is 0 Å². The number of rotatable bonds is 11. The highest BCUT2D eigenvalue weighted by atomic mass is 15.2. The number of para-hydroxylation sites is 10. The summed E-state index contributed by atoms with van der Waals surface area (Å²) in [7, 11) is 0. The molecule has 10 heterocycles. The van der Waals surface area contributed by atoms with Gasteiger partial charge in [0.05, 0.1) is 23.1 Å². The number of aromatic nitrogens is 10. The van der Waals surface area contributed by atoms with Gasteiger partial charge in [-0.25, -0.2) is 0 Å². The topological polar surface area (TPSA) is 44.0 Å². The molecule has 0 spiro atoms. The Balaban J connectivity index is 0.000000103. The molecule has 2 fully saturated rings. The third-order valence-corrected chi connectivity index (χ3v) is 29.8. The lowest BCUT2D eigenvalue weighted by atomic mass is 9.63. The smallest absolute Gasteiger partial charge is 0.199 e. The normalized spacial score (nSPS) is 19.2. The Hall–Kier alpha value is -14.9. The summed E-state index contributed by atoms with van der Waals surface area (Å²) in [6.07, 6.45) is 11.9. The summed E-state index contributed by atoms with van der Waals surface area (Å²) in [4.78, 5) is 0. The molecule has 4 unspecified atom stereocenters. The average Bonchev–Trinajstić information content (AvgIpc) is 1.53. The minimum absolute atomic E-state index is 0.220. The summed E-state index contributed by atoms with van der Waals surface area (Å²) in [5.74, 6) is -1.80. The Labute approximate surface area is 806 Å². The lowest BCUT2D eigenvalue weighted by molar-refractivity contribution is -0.602. The zero-order valence-electron chi connectivity index (χ0n) is 86.9. The minimum atomic E-state index is -1.05. The molecule has 26 rings (SSSR count). The molecule has 10 nitrogen and oxygen atoms in total. The van der Waals surface area contributed by atoms with Gasteiger partial charge in [-0.05, 0) is 183 Å². The van der Waals surface area contributed by atoms with Gasteiger partial charge < -0.3 is 0 Å². The van der Waals surface area contributed by atoms with Crippen molar-refractivity contribution in [3.8, 4) is 56.9 Å². The first-order valence-corrected chi connectivity index (χ1v) is 48.1. The van der Waals surface area contributed by atoms with Crippen LogP contribution in [0.5, 0.6) is 0 Å². The van der Waals surface area contributed by atoms with Crippen LogP contribution >= 0.6 is 0 Å². The first kappa shape index (κ1) is 76.7. The number of fused-ring (bicyclic) bond motifs is 15. The van der Waals surface area contributed by atoms with Crippen molar-refractivity contribution in [2.45, 2.75) is 156 Å². The molecule has 5 aromatic heterocycles. The predicted molar refractivity (Wildman–Crippen MR) is 543 cm³/mol. The molecular weight excluding hydrogens is 1640 g/mol. The van der Waals surface area contributed by atoms with Crippen molar-refractivity contribution >= 4 is 0 Å². The number of hydrogen-bond donors (Lipinski definition) is 0. The zero-order valence-corrected chi connectivity index (χ0v) is 78.9. The monoisotopic (exact) mass is 1770 g/mol. The van der Waals surface area contributed by atoms with E-state index in [2.05, 4.69) is 292 Å². The van der Waals surface area contributed by atoms with Crippen molar-refractivity contribution in [3.63, 3.8) is 0 Å². The predicted octanol–water partition coefficient (Wildman–Crippen LogP) is 26.0. The molecule has 19 aromatic rings. The summed E-state index contributed by atoms with van der Waals surface area (Å²) < 4.78 is 94.1. The summed E-state index contributed by atoms with van der Waals surface area (Å²) in [6, 6.07) is 125. The summed E-state index contributed by atoms with van der Waals surface area (Å²) in [5.41, 5.74) is 35.8. The van der Waals surface area contributed by atoms with Crippen molar-refractivity contribution in [1.29, 1.82) is 0 Å². The van der Waals surface area contributed by atoms with Gasteiger partial charge in [-0.15, -0.1) is 0 Å². The average molecular weight is 1770 g/mol. The maximum Gasteiger partial charge on any atom is 0.254 e. The largest absolute Gasteiger partial charge is 0.254 e. The van der Waals surface area contributed by atoms with E-state index >= 15 is 0 Å². The minimum Gasteiger partial charge on any atom is -0.199 e. The Morgan fingerprint density at radius 3 is 1.06 bits per heavy atom. The van der Waals surface area contributed by atoms with Crippen LogP contribution in [0.25, 0.3) is 56.9 Å². The molecule has 7 aliphatic rings. The number of imidazole rings is 5. The fourth-order valence-corrected chi connectivity index (χ4v) is 23.6. The van der Waals surface area contributed by atoms with Gasteiger partial charge in [-0.2, -0.15) is 45.7 Å². The summed E-state index contributed by atoms with van der Waals surface area (Å²) in [5, 5.41) is 0. The quantitative estimate of drug-likeness (QED) is 0.116. The van der Waals surface area contributed by atoms with Gasteiger partial charge in [0.2, 0.25) is 0 Å². The van der Waals surface area contributed by atoms with Crippen LogP contribution < -0.4 is 22.8 Å². The first-order valence-electron chi connectivity index (χ1n) is 52.1. The fourth-order valence-electron chi connectivity index (χ4n) is 23.6. The zero-order chi connectivity index (χ0) is 99.0. The molecule has 135 heavy (non-hydrogen) atoms. The van der Waals surface area contributed by atoms with Crippen LogP contribution in [0.4, 0.5) is 0 Å². The van der Waals surface area contributed by atoms with Gasteiger partial charge in [0.15, 0.2) is 41.0 Å². The van der Waals surface area contributed by atoms with Gasteiger partial charge in [0.25, 0.3) is 31.5 Å². The van der Waals surface area contributed by atoms with E-state index in [1.807, 2.05) is 194 Å². The molecule has 0 radical (unpaired) electrons. The molecule has 10 heteroatoms. The van der Waals surface area contributed by atoms with E-state index < -0.39 is 23.1 Å².